The zero-order valence-corrected chi connectivity index (χ0v) is 42.2. The number of aromatic nitrogens is 8. The maximum absolute atomic E-state index is 16.7. The predicted molar refractivity (Wildman–Crippen MR) is 304 cm³/mol. The van der Waals surface area contributed by atoms with Crippen LogP contribution in [0, 0.1) is 40.4 Å². The molecule has 384 valence electrons. The van der Waals surface area contributed by atoms with Crippen molar-refractivity contribution in [2.24, 2.45) is 0 Å². The highest BCUT2D eigenvalue weighted by Crippen LogP contribution is 2.44. The van der Waals surface area contributed by atoms with Gasteiger partial charge in [-0.05, 0) is 60.7 Å². The number of fused-ring (bicyclic) bond motifs is 6. The van der Waals surface area contributed by atoms with Gasteiger partial charge >= 0.3 is 0 Å². The molecule has 14 rings (SSSR count). The van der Waals surface area contributed by atoms with E-state index in [9.17, 15) is 9.65 Å². The smallest absolute Gasteiger partial charge is 0.200 e. The molecule has 0 atom stereocenters. The van der Waals surface area contributed by atoms with Crippen molar-refractivity contribution in [1.82, 2.24) is 39.0 Å². The van der Waals surface area contributed by atoms with Crippen molar-refractivity contribution >= 4 is 43.6 Å². The second-order valence-corrected chi connectivity index (χ2v) is 19.2. The van der Waals surface area contributed by atoms with Crippen molar-refractivity contribution in [2.75, 3.05) is 0 Å². The van der Waals surface area contributed by atoms with E-state index in [4.69, 9.17) is 29.9 Å². The lowest BCUT2D eigenvalue weighted by Crippen LogP contribution is -2.08. The molecule has 0 N–H and O–H groups in total. The van der Waals surface area contributed by atoms with Crippen molar-refractivity contribution in [3.8, 4) is 96.9 Å². The monoisotopic (exact) mass is 1060 g/mol. The van der Waals surface area contributed by atoms with Gasteiger partial charge in [0.1, 0.15) is 6.07 Å². The van der Waals surface area contributed by atoms with E-state index in [1.54, 1.807) is 33.4 Å². The normalized spacial score (nSPS) is 11.5. The van der Waals surface area contributed by atoms with E-state index in [0.717, 1.165) is 27.6 Å². The summed E-state index contributed by atoms with van der Waals surface area (Å²) < 4.78 is 83.2. The summed E-state index contributed by atoms with van der Waals surface area (Å²) >= 11 is 0. The number of halogens is 5. The molecule has 14 heteroatoms. The van der Waals surface area contributed by atoms with Crippen LogP contribution in [0.2, 0.25) is 0 Å². The first kappa shape index (κ1) is 48.3. The third-order valence-corrected chi connectivity index (χ3v) is 14.5. The number of para-hydroxylation sites is 2. The van der Waals surface area contributed by atoms with Gasteiger partial charge in [-0.15, -0.1) is 0 Å². The van der Waals surface area contributed by atoms with E-state index >= 15 is 17.6 Å². The highest BCUT2D eigenvalue weighted by molar-refractivity contribution is 6.12. The van der Waals surface area contributed by atoms with Crippen LogP contribution in [0.25, 0.3) is 134 Å². The van der Waals surface area contributed by atoms with Gasteiger partial charge in [0.2, 0.25) is 5.82 Å². The average molecular weight is 1060 g/mol. The molecule has 0 saturated carbocycles. The van der Waals surface area contributed by atoms with Crippen LogP contribution in [0.3, 0.4) is 0 Å². The van der Waals surface area contributed by atoms with Gasteiger partial charge in [0.15, 0.2) is 58.2 Å². The molecule has 0 bridgehead atoms. The molecule has 0 spiro atoms. The highest BCUT2D eigenvalue weighted by Gasteiger charge is 2.31. The zero-order chi connectivity index (χ0) is 54.9. The Morgan fingerprint density at radius 2 is 0.617 bits per heavy atom. The number of hydrogen-bond donors (Lipinski definition) is 0. The van der Waals surface area contributed by atoms with E-state index in [1.807, 2.05) is 182 Å². The largest absolute Gasteiger partial charge is 0.309 e. The molecule has 0 aliphatic carbocycles. The first-order valence-electron chi connectivity index (χ1n) is 25.6. The molecular weight excluding hydrogens is 1030 g/mol. The summed E-state index contributed by atoms with van der Waals surface area (Å²) in [5, 5.41) is 14.0. The van der Waals surface area contributed by atoms with Crippen LogP contribution in [0.5, 0.6) is 0 Å². The molecule has 0 amide bonds. The quantitative estimate of drug-likeness (QED) is 0.0804. The van der Waals surface area contributed by atoms with Gasteiger partial charge in [0.05, 0.1) is 44.6 Å². The van der Waals surface area contributed by atoms with E-state index in [-0.39, 0.29) is 22.5 Å². The molecule has 0 fully saturated rings. The predicted octanol–water partition coefficient (Wildman–Crippen LogP) is 16.5. The Morgan fingerprint density at radius 3 is 1.00 bits per heavy atom. The van der Waals surface area contributed by atoms with Crippen LogP contribution >= 0.6 is 0 Å². The lowest BCUT2D eigenvalue weighted by atomic mass is 9.97. The second kappa shape index (κ2) is 19.5. The standard InChI is InChI=1S/C67H36F5N9/c68-57-56(58(69)60(71)61(72)59(57)70)49-36-54(80-50-27-15-13-25-45(50)47-33-42(29-31-52(47)80)66-76-62(38-17-5-1-6-18-38)74-63(77-66)39-19-7-2-8-20-39)44(37-73)35-55(49)81-51-28-16-14-26-46(51)48-34-43(30-32-53(48)81)67-78-64(40-21-9-3-10-22-40)75-65(79-67)41-23-11-4-12-24-41/h1-36H. The lowest BCUT2D eigenvalue weighted by molar-refractivity contribution is 0.381. The summed E-state index contributed by atoms with van der Waals surface area (Å²) in [7, 11) is 0. The van der Waals surface area contributed by atoms with Crippen LogP contribution in [0.1, 0.15) is 5.56 Å². The molecule has 0 unspecified atom stereocenters. The molecular formula is C67H36F5N9. The first-order chi connectivity index (χ1) is 39.7. The summed E-state index contributed by atoms with van der Waals surface area (Å²) in [6.07, 6.45) is 0. The van der Waals surface area contributed by atoms with Gasteiger partial charge in [-0.3, -0.25) is 0 Å². The summed E-state index contributed by atoms with van der Waals surface area (Å²) in [5.41, 5.74) is 5.03. The summed E-state index contributed by atoms with van der Waals surface area (Å²) in [6.45, 7) is 0. The van der Waals surface area contributed by atoms with Crippen molar-refractivity contribution in [2.45, 2.75) is 0 Å². The first-order valence-corrected chi connectivity index (χ1v) is 25.6. The molecule has 14 aromatic rings. The zero-order valence-electron chi connectivity index (χ0n) is 42.2. The van der Waals surface area contributed by atoms with Gasteiger partial charge in [-0.25, -0.2) is 51.9 Å². The summed E-state index contributed by atoms with van der Waals surface area (Å²) in [4.78, 5) is 29.5. The van der Waals surface area contributed by atoms with E-state index in [1.165, 1.54) is 12.1 Å². The van der Waals surface area contributed by atoms with Crippen LogP contribution in [0.15, 0.2) is 218 Å². The van der Waals surface area contributed by atoms with Crippen LogP contribution < -0.4 is 0 Å². The Balaban J connectivity index is 0.994. The van der Waals surface area contributed by atoms with Crippen molar-refractivity contribution in [3.63, 3.8) is 0 Å². The van der Waals surface area contributed by atoms with Crippen molar-refractivity contribution in [1.29, 1.82) is 5.26 Å². The minimum atomic E-state index is -2.30. The summed E-state index contributed by atoms with van der Waals surface area (Å²) in [6, 6.07) is 68.9. The number of benzene rings is 10. The number of rotatable bonds is 9. The van der Waals surface area contributed by atoms with Crippen molar-refractivity contribution < 1.29 is 22.0 Å². The molecule has 0 aliphatic heterocycles. The lowest BCUT2D eigenvalue weighted by Gasteiger charge is -2.20. The van der Waals surface area contributed by atoms with Crippen molar-refractivity contribution in [3.05, 3.63) is 253 Å². The number of hydrogen-bond acceptors (Lipinski definition) is 7. The van der Waals surface area contributed by atoms with E-state index in [0.29, 0.717) is 84.3 Å². The SMILES string of the molecule is N#Cc1cc(-n2c3ccccc3c3cc(-c4nc(-c5ccccc5)nc(-c5ccccc5)n4)ccc32)c(-c2c(F)c(F)c(F)c(F)c2F)cc1-n1c2ccccc2c2cc(-c3nc(-c4ccccc4)nc(-c4ccccc4)n3)ccc21. The minimum absolute atomic E-state index is 0.0245. The molecule has 81 heavy (non-hydrogen) atoms. The fourth-order valence-electron chi connectivity index (χ4n) is 10.7. The number of nitrogens with zero attached hydrogens (tertiary/aromatic N) is 9. The Labute approximate surface area is 457 Å². The maximum atomic E-state index is 16.7. The number of nitriles is 1. The van der Waals surface area contributed by atoms with Crippen LogP contribution in [0.4, 0.5) is 22.0 Å². The van der Waals surface area contributed by atoms with Crippen LogP contribution in [-0.4, -0.2) is 39.0 Å². The van der Waals surface area contributed by atoms with E-state index in [2.05, 4.69) is 6.07 Å². The fraction of sp³-hybridized carbons (Fsp3) is 0. The highest BCUT2D eigenvalue weighted by atomic mass is 19.2. The topological polar surface area (TPSA) is 111 Å². The van der Waals surface area contributed by atoms with Gasteiger partial charge in [-0.2, -0.15) is 5.26 Å². The summed E-state index contributed by atoms with van der Waals surface area (Å²) in [5.74, 6) is -8.08. The molecule has 0 saturated heterocycles. The van der Waals surface area contributed by atoms with Gasteiger partial charge in [-0.1, -0.05) is 158 Å². The third kappa shape index (κ3) is 8.13. The Kier molecular flexibility index (Phi) is 11.6. The average Bonchev–Trinajstić information content (AvgIpc) is 4.25. The molecule has 0 radical (unpaired) electrons. The van der Waals surface area contributed by atoms with Crippen LogP contribution in [-0.2, 0) is 0 Å². The van der Waals surface area contributed by atoms with E-state index < -0.39 is 34.6 Å². The molecule has 9 nitrogen and oxygen atoms in total. The third-order valence-electron chi connectivity index (χ3n) is 14.5. The van der Waals surface area contributed by atoms with Gasteiger partial charge in [0, 0.05) is 60.5 Å². The Hall–Kier alpha value is -11.0. The maximum Gasteiger partial charge on any atom is 0.200 e. The molecule has 4 aromatic heterocycles. The fourth-order valence-corrected chi connectivity index (χ4v) is 10.7. The molecule has 0 aliphatic rings. The second-order valence-electron chi connectivity index (χ2n) is 19.2. The Morgan fingerprint density at radius 1 is 0.296 bits per heavy atom. The minimum Gasteiger partial charge on any atom is -0.309 e. The van der Waals surface area contributed by atoms with Gasteiger partial charge in [0.25, 0.3) is 0 Å². The molecule has 4 heterocycles. The Bertz CT molecular complexity index is 4740. The van der Waals surface area contributed by atoms with Gasteiger partial charge < -0.3 is 9.13 Å². The molecule has 10 aromatic carbocycles.